The molecule has 0 aromatic heterocycles. The number of ether oxygens (including phenoxy) is 1. The molecule has 2 N–H and O–H groups in total. The molecule has 0 saturated carbocycles. The fraction of sp³-hybridized carbons (Fsp3) is 0.471. The molecule has 0 unspecified atom stereocenters. The molecule has 7 heteroatoms. The molecule has 1 aromatic rings. The summed E-state index contributed by atoms with van der Waals surface area (Å²) in [7, 11) is 2.97. The monoisotopic (exact) mass is 333 g/mol. The van der Waals surface area contributed by atoms with Crippen molar-refractivity contribution in [3.05, 3.63) is 29.8 Å². The number of hydrogen-bond acceptors (Lipinski definition) is 5. The van der Waals surface area contributed by atoms with Crippen molar-refractivity contribution in [2.45, 2.75) is 12.8 Å². The summed E-state index contributed by atoms with van der Waals surface area (Å²) < 4.78 is 4.75. The van der Waals surface area contributed by atoms with Crippen LogP contribution < -0.4 is 10.6 Å². The molecule has 7 nitrogen and oxygen atoms in total. The van der Waals surface area contributed by atoms with E-state index in [9.17, 15) is 14.4 Å². The van der Waals surface area contributed by atoms with E-state index in [1.807, 2.05) is 4.90 Å². The Morgan fingerprint density at radius 3 is 2.33 bits per heavy atom. The molecule has 130 valence electrons. The minimum absolute atomic E-state index is 0.0634. The van der Waals surface area contributed by atoms with Crippen molar-refractivity contribution < 1.29 is 19.1 Å². The molecule has 0 aliphatic carbocycles. The lowest BCUT2D eigenvalue weighted by Gasteiger charge is -2.29. The third-order valence-corrected chi connectivity index (χ3v) is 4.15. The Morgan fingerprint density at radius 1 is 1.17 bits per heavy atom. The Labute approximate surface area is 141 Å². The summed E-state index contributed by atoms with van der Waals surface area (Å²) in [5.74, 6) is -0.512. The van der Waals surface area contributed by atoms with E-state index in [1.165, 1.54) is 7.11 Å². The maximum atomic E-state index is 12.1. The van der Waals surface area contributed by atoms with Crippen molar-refractivity contribution in [2.75, 3.05) is 39.1 Å². The Morgan fingerprint density at radius 2 is 1.79 bits per heavy atom. The Balaban J connectivity index is 1.79. The molecule has 0 spiro atoms. The number of carbonyl (C=O) groups excluding carboxylic acids is 3. The van der Waals surface area contributed by atoms with Crippen molar-refractivity contribution in [2.24, 2.45) is 5.92 Å². The lowest BCUT2D eigenvalue weighted by molar-refractivity contribution is -0.147. The first-order chi connectivity index (χ1) is 11.5. The Hall–Kier alpha value is -2.41. The average Bonchev–Trinajstić information content (AvgIpc) is 2.61. The second-order valence-electron chi connectivity index (χ2n) is 5.78. The van der Waals surface area contributed by atoms with Crippen LogP contribution in [0.2, 0.25) is 0 Å². The summed E-state index contributed by atoms with van der Waals surface area (Å²) >= 11 is 0. The number of benzene rings is 1. The van der Waals surface area contributed by atoms with E-state index in [0.717, 1.165) is 0 Å². The Bertz CT molecular complexity index is 592. The van der Waals surface area contributed by atoms with Gasteiger partial charge in [0.25, 0.3) is 5.91 Å². The largest absolute Gasteiger partial charge is 0.469 e. The van der Waals surface area contributed by atoms with Crippen LogP contribution in [0.4, 0.5) is 5.69 Å². The lowest BCUT2D eigenvalue weighted by Crippen LogP contribution is -2.41. The summed E-state index contributed by atoms with van der Waals surface area (Å²) in [5.41, 5.74) is 1.19. The number of carbonyl (C=O) groups is 3. The zero-order chi connectivity index (χ0) is 17.5. The van der Waals surface area contributed by atoms with Crippen molar-refractivity contribution in [3.8, 4) is 0 Å². The van der Waals surface area contributed by atoms with Crippen molar-refractivity contribution in [1.29, 1.82) is 0 Å². The molecule has 0 radical (unpaired) electrons. The number of rotatable bonds is 5. The number of hydrogen-bond donors (Lipinski definition) is 2. The minimum Gasteiger partial charge on any atom is -0.469 e. The van der Waals surface area contributed by atoms with Gasteiger partial charge in [-0.3, -0.25) is 19.3 Å². The predicted octanol–water partition coefficient (Wildman–Crippen LogP) is 0.870. The second kappa shape index (κ2) is 8.44. The van der Waals surface area contributed by atoms with Gasteiger partial charge in [-0.2, -0.15) is 0 Å². The number of methoxy groups -OCH3 is 1. The van der Waals surface area contributed by atoms with Gasteiger partial charge in [-0.05, 0) is 50.2 Å². The standard InChI is InChI=1S/C17H23N3O4/c1-18-16(22)12-3-5-14(6-4-12)19-15(21)11-20-9-7-13(8-10-20)17(23)24-2/h3-6,13H,7-11H2,1-2H3,(H,18,22)(H,19,21). The topological polar surface area (TPSA) is 87.7 Å². The lowest BCUT2D eigenvalue weighted by atomic mass is 9.97. The first-order valence-corrected chi connectivity index (χ1v) is 7.95. The van der Waals surface area contributed by atoms with Gasteiger partial charge in [0, 0.05) is 18.3 Å². The summed E-state index contributed by atoms with van der Waals surface area (Å²) in [5, 5.41) is 5.36. The fourth-order valence-corrected chi connectivity index (χ4v) is 2.75. The second-order valence-corrected chi connectivity index (χ2v) is 5.78. The molecular weight excluding hydrogens is 310 g/mol. The quantitative estimate of drug-likeness (QED) is 0.781. The van der Waals surface area contributed by atoms with Crippen LogP contribution in [0.1, 0.15) is 23.2 Å². The van der Waals surface area contributed by atoms with Gasteiger partial charge in [-0.15, -0.1) is 0 Å². The minimum atomic E-state index is -0.171. The molecule has 24 heavy (non-hydrogen) atoms. The number of amides is 2. The van der Waals surface area contributed by atoms with E-state index in [4.69, 9.17) is 4.74 Å². The first-order valence-electron chi connectivity index (χ1n) is 7.95. The highest BCUT2D eigenvalue weighted by Crippen LogP contribution is 2.18. The van der Waals surface area contributed by atoms with Gasteiger partial charge >= 0.3 is 5.97 Å². The SMILES string of the molecule is CNC(=O)c1ccc(NC(=O)CN2CCC(C(=O)OC)CC2)cc1. The van der Waals surface area contributed by atoms with Gasteiger partial charge in [0.05, 0.1) is 19.6 Å². The highest BCUT2D eigenvalue weighted by atomic mass is 16.5. The van der Waals surface area contributed by atoms with Gasteiger partial charge in [0.15, 0.2) is 0 Å². The van der Waals surface area contributed by atoms with Gasteiger partial charge < -0.3 is 15.4 Å². The molecule has 1 aliphatic rings. The third-order valence-electron chi connectivity index (χ3n) is 4.15. The summed E-state index contributed by atoms with van der Waals surface area (Å²) in [6, 6.07) is 6.73. The van der Waals surface area contributed by atoms with Crippen LogP contribution in [-0.2, 0) is 14.3 Å². The smallest absolute Gasteiger partial charge is 0.308 e. The van der Waals surface area contributed by atoms with E-state index >= 15 is 0 Å². The fourth-order valence-electron chi connectivity index (χ4n) is 2.75. The molecule has 2 amide bonds. The number of esters is 1. The first kappa shape index (κ1) is 17.9. The normalized spacial score (nSPS) is 15.6. The number of nitrogens with zero attached hydrogens (tertiary/aromatic N) is 1. The van der Waals surface area contributed by atoms with Crippen LogP contribution in [-0.4, -0.2) is 56.5 Å². The highest BCUT2D eigenvalue weighted by molar-refractivity contribution is 5.96. The molecule has 0 atom stereocenters. The van der Waals surface area contributed by atoms with Crippen LogP contribution in [0.3, 0.4) is 0 Å². The van der Waals surface area contributed by atoms with Crippen LogP contribution in [0, 0.1) is 5.92 Å². The van der Waals surface area contributed by atoms with Gasteiger partial charge in [-0.25, -0.2) is 0 Å². The average molecular weight is 333 g/mol. The van der Waals surface area contributed by atoms with E-state index in [2.05, 4.69) is 10.6 Å². The van der Waals surface area contributed by atoms with Crippen LogP contribution >= 0.6 is 0 Å². The predicted molar refractivity (Wildman–Crippen MR) is 89.6 cm³/mol. The van der Waals surface area contributed by atoms with Crippen LogP contribution in [0.25, 0.3) is 0 Å². The van der Waals surface area contributed by atoms with Gasteiger partial charge in [-0.1, -0.05) is 0 Å². The van der Waals surface area contributed by atoms with Gasteiger partial charge in [0.1, 0.15) is 0 Å². The molecular formula is C17H23N3O4. The zero-order valence-electron chi connectivity index (χ0n) is 14.0. The van der Waals surface area contributed by atoms with E-state index < -0.39 is 0 Å². The van der Waals surface area contributed by atoms with Crippen molar-refractivity contribution >= 4 is 23.5 Å². The number of anilines is 1. The molecule has 1 fully saturated rings. The number of nitrogens with one attached hydrogen (secondary N) is 2. The summed E-state index contributed by atoms with van der Waals surface area (Å²) in [6.07, 6.45) is 1.42. The van der Waals surface area contributed by atoms with Gasteiger partial charge in [0.2, 0.25) is 5.91 Å². The maximum Gasteiger partial charge on any atom is 0.308 e. The van der Waals surface area contributed by atoms with Crippen LogP contribution in [0.15, 0.2) is 24.3 Å². The molecule has 1 heterocycles. The van der Waals surface area contributed by atoms with Crippen LogP contribution in [0.5, 0.6) is 0 Å². The Kier molecular flexibility index (Phi) is 6.31. The van der Waals surface area contributed by atoms with E-state index in [-0.39, 0.29) is 30.2 Å². The van der Waals surface area contributed by atoms with E-state index in [0.29, 0.717) is 37.2 Å². The molecule has 0 bridgehead atoms. The van der Waals surface area contributed by atoms with E-state index in [1.54, 1.807) is 31.3 Å². The summed E-state index contributed by atoms with van der Waals surface area (Å²) in [4.78, 5) is 37.1. The van der Waals surface area contributed by atoms with Crippen molar-refractivity contribution in [1.82, 2.24) is 10.2 Å². The zero-order valence-corrected chi connectivity index (χ0v) is 14.0. The highest BCUT2D eigenvalue weighted by Gasteiger charge is 2.26. The van der Waals surface area contributed by atoms with Crippen molar-refractivity contribution in [3.63, 3.8) is 0 Å². The maximum absolute atomic E-state index is 12.1. The third kappa shape index (κ3) is 4.79. The molecule has 1 aliphatic heterocycles. The molecule has 1 aromatic carbocycles. The molecule has 1 saturated heterocycles. The number of likely N-dealkylation sites (tertiary alicyclic amines) is 1. The number of piperidine rings is 1. The summed E-state index contributed by atoms with van der Waals surface area (Å²) in [6.45, 7) is 1.68. The molecule has 2 rings (SSSR count).